The largest absolute Gasteiger partial charge is 0.395 e. The van der Waals surface area contributed by atoms with Crippen molar-refractivity contribution in [1.29, 1.82) is 0 Å². The Balaban J connectivity index is 1.83. The quantitative estimate of drug-likeness (QED) is 0.827. The highest BCUT2D eigenvalue weighted by Crippen LogP contribution is 2.27. The topological polar surface area (TPSA) is 49.3 Å². The molecule has 3 heteroatoms. The lowest BCUT2D eigenvalue weighted by atomic mass is 10.0. The van der Waals surface area contributed by atoms with Gasteiger partial charge in [-0.3, -0.25) is 4.79 Å². The highest BCUT2D eigenvalue weighted by molar-refractivity contribution is 5.90. The van der Waals surface area contributed by atoms with Crippen LogP contribution in [0.3, 0.4) is 0 Å². The molecule has 0 saturated heterocycles. The first-order valence-electron chi connectivity index (χ1n) is 7.27. The third-order valence-corrected chi connectivity index (χ3v) is 3.59. The molecule has 106 valence electrons. The van der Waals surface area contributed by atoms with E-state index in [0.717, 1.165) is 11.3 Å². The van der Waals surface area contributed by atoms with Crippen LogP contribution in [-0.2, 0) is 4.79 Å². The van der Waals surface area contributed by atoms with Crippen LogP contribution in [0.4, 0.5) is 5.69 Å². The summed E-state index contributed by atoms with van der Waals surface area (Å²) in [6.07, 6.45) is 6.02. The number of hydrogen-bond acceptors (Lipinski definition) is 2. The molecule has 1 aliphatic rings. The second kappa shape index (κ2) is 7.72. The van der Waals surface area contributed by atoms with Crippen LogP contribution in [0.15, 0.2) is 24.3 Å². The summed E-state index contributed by atoms with van der Waals surface area (Å²) in [5.41, 5.74) is 1.72. The predicted molar refractivity (Wildman–Crippen MR) is 80.2 cm³/mol. The number of aliphatic hydroxyl groups excluding tert-OH is 1. The van der Waals surface area contributed by atoms with Crippen molar-refractivity contribution in [2.75, 3.05) is 11.9 Å². The van der Waals surface area contributed by atoms with Crippen LogP contribution in [0.5, 0.6) is 0 Å². The number of benzene rings is 1. The van der Waals surface area contributed by atoms with Crippen molar-refractivity contribution in [3.63, 3.8) is 0 Å². The van der Waals surface area contributed by atoms with Crippen molar-refractivity contribution in [1.82, 2.24) is 0 Å². The zero-order valence-electron chi connectivity index (χ0n) is 11.7. The molecule has 0 radical (unpaired) electrons. The van der Waals surface area contributed by atoms with Crippen LogP contribution in [0.2, 0.25) is 0 Å². The number of carbonyl (C=O) groups excluding carboxylic acids is 1. The normalized spacial score (nSPS) is 14.7. The first kappa shape index (κ1) is 14.6. The van der Waals surface area contributed by atoms with Crippen LogP contribution in [0.1, 0.15) is 44.1 Å². The van der Waals surface area contributed by atoms with Gasteiger partial charge in [-0.05, 0) is 43.0 Å². The van der Waals surface area contributed by atoms with Crippen LogP contribution in [-0.4, -0.2) is 17.6 Å². The third kappa shape index (κ3) is 4.71. The van der Waals surface area contributed by atoms with E-state index in [-0.39, 0.29) is 12.5 Å². The highest BCUT2D eigenvalue weighted by Gasteiger charge is 2.18. The fourth-order valence-electron chi connectivity index (χ4n) is 2.55. The Morgan fingerprint density at radius 3 is 2.60 bits per heavy atom. The van der Waals surface area contributed by atoms with Crippen molar-refractivity contribution >= 4 is 11.6 Å². The van der Waals surface area contributed by atoms with Crippen molar-refractivity contribution < 1.29 is 9.90 Å². The fraction of sp³-hybridized carbons (Fsp3) is 0.471. The molecule has 0 heterocycles. The van der Waals surface area contributed by atoms with Gasteiger partial charge in [0.2, 0.25) is 5.91 Å². The molecule has 2 N–H and O–H groups in total. The number of rotatable bonds is 4. The van der Waals surface area contributed by atoms with E-state index in [1.165, 1.54) is 25.7 Å². The lowest BCUT2D eigenvalue weighted by Gasteiger charge is -2.09. The van der Waals surface area contributed by atoms with Crippen LogP contribution in [0, 0.1) is 17.8 Å². The summed E-state index contributed by atoms with van der Waals surface area (Å²) in [6, 6.07) is 7.51. The summed E-state index contributed by atoms with van der Waals surface area (Å²) >= 11 is 0. The van der Waals surface area contributed by atoms with Gasteiger partial charge in [0.15, 0.2) is 0 Å². The van der Waals surface area contributed by atoms with Crippen LogP contribution >= 0.6 is 0 Å². The molecule has 0 aromatic heterocycles. The van der Waals surface area contributed by atoms with E-state index < -0.39 is 0 Å². The standard InChI is InChI=1S/C17H21NO2/c19-12-4-3-5-14-8-10-16(11-9-14)18-17(20)13-15-6-1-2-7-15/h8-11,15,19H,1-2,4,6-7,12-13H2,(H,18,20). The molecular weight excluding hydrogens is 250 g/mol. The molecule has 1 fully saturated rings. The van der Waals surface area contributed by atoms with Gasteiger partial charge in [0, 0.05) is 24.1 Å². The molecule has 0 spiro atoms. The van der Waals surface area contributed by atoms with Crippen molar-refractivity contribution in [3.05, 3.63) is 29.8 Å². The number of nitrogens with one attached hydrogen (secondary N) is 1. The number of hydrogen-bond donors (Lipinski definition) is 2. The lowest BCUT2D eigenvalue weighted by Crippen LogP contribution is -2.14. The Kier molecular flexibility index (Phi) is 5.64. The van der Waals surface area contributed by atoms with Crippen LogP contribution in [0.25, 0.3) is 0 Å². The average molecular weight is 271 g/mol. The van der Waals surface area contributed by atoms with Gasteiger partial charge in [0.1, 0.15) is 0 Å². The average Bonchev–Trinajstić information content (AvgIpc) is 2.94. The minimum absolute atomic E-state index is 0.0856. The molecule has 1 aliphatic carbocycles. The number of carbonyl (C=O) groups is 1. The molecule has 2 rings (SSSR count). The summed E-state index contributed by atoms with van der Waals surface area (Å²) < 4.78 is 0. The van der Waals surface area contributed by atoms with Gasteiger partial charge >= 0.3 is 0 Å². The van der Waals surface area contributed by atoms with Crippen LogP contribution < -0.4 is 5.32 Å². The second-order valence-corrected chi connectivity index (χ2v) is 5.26. The Labute approximate surface area is 120 Å². The number of amides is 1. The Morgan fingerprint density at radius 2 is 1.95 bits per heavy atom. The van der Waals surface area contributed by atoms with Gasteiger partial charge in [-0.25, -0.2) is 0 Å². The van der Waals surface area contributed by atoms with Gasteiger partial charge in [-0.1, -0.05) is 24.7 Å². The highest BCUT2D eigenvalue weighted by atomic mass is 16.2. The monoisotopic (exact) mass is 271 g/mol. The van der Waals surface area contributed by atoms with E-state index in [9.17, 15) is 4.79 Å². The smallest absolute Gasteiger partial charge is 0.224 e. The summed E-state index contributed by atoms with van der Waals surface area (Å²) in [5, 5.41) is 11.6. The maximum absolute atomic E-state index is 11.9. The van der Waals surface area contributed by atoms with Gasteiger partial charge in [-0.2, -0.15) is 0 Å². The number of aliphatic hydroxyl groups is 1. The van der Waals surface area contributed by atoms with E-state index in [1.54, 1.807) is 0 Å². The fourth-order valence-corrected chi connectivity index (χ4v) is 2.55. The predicted octanol–water partition coefficient (Wildman–Crippen LogP) is 2.94. The first-order valence-corrected chi connectivity index (χ1v) is 7.27. The van der Waals surface area contributed by atoms with E-state index in [1.807, 2.05) is 24.3 Å². The molecule has 1 amide bonds. The summed E-state index contributed by atoms with van der Waals surface area (Å²) in [4.78, 5) is 11.9. The van der Waals surface area contributed by atoms with Gasteiger partial charge < -0.3 is 10.4 Å². The molecule has 1 aromatic rings. The van der Waals surface area contributed by atoms with E-state index >= 15 is 0 Å². The molecule has 1 aromatic carbocycles. The molecule has 20 heavy (non-hydrogen) atoms. The zero-order valence-corrected chi connectivity index (χ0v) is 11.7. The van der Waals surface area contributed by atoms with Crippen molar-refractivity contribution in [2.24, 2.45) is 5.92 Å². The molecule has 0 aliphatic heterocycles. The zero-order chi connectivity index (χ0) is 14.2. The maximum atomic E-state index is 11.9. The molecule has 0 unspecified atom stereocenters. The third-order valence-electron chi connectivity index (χ3n) is 3.59. The molecule has 1 saturated carbocycles. The van der Waals surface area contributed by atoms with Gasteiger partial charge in [-0.15, -0.1) is 0 Å². The van der Waals surface area contributed by atoms with E-state index in [0.29, 0.717) is 18.8 Å². The van der Waals surface area contributed by atoms with Crippen molar-refractivity contribution in [3.8, 4) is 11.8 Å². The Bertz CT molecular complexity index is 490. The Morgan fingerprint density at radius 1 is 1.25 bits per heavy atom. The minimum Gasteiger partial charge on any atom is -0.395 e. The summed E-state index contributed by atoms with van der Waals surface area (Å²) in [7, 11) is 0. The van der Waals surface area contributed by atoms with E-state index in [4.69, 9.17) is 5.11 Å². The SMILES string of the molecule is O=C(CC1CCCC1)Nc1ccc(C#CCCO)cc1. The van der Waals surface area contributed by atoms with E-state index in [2.05, 4.69) is 17.2 Å². The molecule has 0 atom stereocenters. The van der Waals surface area contributed by atoms with Gasteiger partial charge in [0.05, 0.1) is 6.61 Å². The second-order valence-electron chi connectivity index (χ2n) is 5.26. The summed E-state index contributed by atoms with van der Waals surface area (Å²) in [6.45, 7) is 0.0856. The molecule has 3 nitrogen and oxygen atoms in total. The first-order chi connectivity index (χ1) is 9.78. The Hall–Kier alpha value is -1.79. The molecule has 0 bridgehead atoms. The lowest BCUT2D eigenvalue weighted by molar-refractivity contribution is -0.117. The summed E-state index contributed by atoms with van der Waals surface area (Å²) in [5.74, 6) is 6.51. The number of anilines is 1. The minimum atomic E-state index is 0.0856. The van der Waals surface area contributed by atoms with Gasteiger partial charge in [0.25, 0.3) is 0 Å². The maximum Gasteiger partial charge on any atom is 0.224 e. The molecular formula is C17H21NO2. The van der Waals surface area contributed by atoms with Crippen molar-refractivity contribution in [2.45, 2.75) is 38.5 Å².